The number of carbonyl (C=O) groups excluding carboxylic acids is 4. The van der Waals surface area contributed by atoms with E-state index in [1.54, 1.807) is 67.8 Å². The van der Waals surface area contributed by atoms with Crippen molar-refractivity contribution in [3.8, 4) is 17.2 Å². The van der Waals surface area contributed by atoms with Crippen molar-refractivity contribution in [1.82, 2.24) is 10.9 Å². The van der Waals surface area contributed by atoms with Gasteiger partial charge in [-0.2, -0.15) is 0 Å². The van der Waals surface area contributed by atoms with Crippen molar-refractivity contribution >= 4 is 45.3 Å². The van der Waals surface area contributed by atoms with Crippen LogP contribution in [0.1, 0.15) is 23.2 Å². The predicted octanol–water partition coefficient (Wildman–Crippen LogP) is 3.97. The summed E-state index contributed by atoms with van der Waals surface area (Å²) in [6.07, 6.45) is -0.362. The minimum Gasteiger partial charge on any atom is -0.493 e. The van der Waals surface area contributed by atoms with Crippen molar-refractivity contribution in [3.63, 3.8) is 0 Å². The summed E-state index contributed by atoms with van der Waals surface area (Å²) in [5.41, 5.74) is 5.23. The number of nitrogens with one attached hydrogen (secondary N) is 3. The maximum Gasteiger partial charge on any atom is 0.306 e. The summed E-state index contributed by atoms with van der Waals surface area (Å²) >= 11 is 3.26. The van der Waals surface area contributed by atoms with E-state index in [4.69, 9.17) is 14.2 Å². The van der Waals surface area contributed by atoms with Crippen LogP contribution in [0.25, 0.3) is 0 Å². The van der Waals surface area contributed by atoms with E-state index >= 15 is 0 Å². The molecule has 11 heteroatoms. The smallest absolute Gasteiger partial charge is 0.306 e. The fourth-order valence-electron chi connectivity index (χ4n) is 2.93. The van der Waals surface area contributed by atoms with E-state index in [-0.39, 0.29) is 12.8 Å². The third-order valence-corrected chi connectivity index (χ3v) is 5.31. The predicted molar refractivity (Wildman–Crippen MR) is 138 cm³/mol. The Morgan fingerprint density at radius 1 is 0.784 bits per heavy atom. The van der Waals surface area contributed by atoms with E-state index in [1.807, 2.05) is 12.1 Å². The summed E-state index contributed by atoms with van der Waals surface area (Å²) in [7, 11) is 1.55. The number of ether oxygens (including phenoxy) is 3. The molecular formula is C26H24BrN3O7. The lowest BCUT2D eigenvalue weighted by molar-refractivity contribution is -0.149. The summed E-state index contributed by atoms with van der Waals surface area (Å²) < 4.78 is 16.7. The third kappa shape index (κ3) is 8.97. The third-order valence-electron chi connectivity index (χ3n) is 4.78. The molecule has 0 aliphatic heterocycles. The van der Waals surface area contributed by atoms with Crippen LogP contribution < -0.4 is 25.6 Å². The zero-order valence-corrected chi connectivity index (χ0v) is 21.4. The molecule has 10 nitrogen and oxygen atoms in total. The lowest BCUT2D eigenvalue weighted by atomic mass is 10.2. The fraction of sp³-hybridized carbons (Fsp3) is 0.154. The SMILES string of the molecule is COc1ccccc1Oc1ccc(NC(=O)CCC(=O)OCC(=O)NNC(=O)c2ccc(Br)cc2)cc1. The Bertz CT molecular complexity index is 1250. The van der Waals surface area contributed by atoms with Gasteiger partial charge in [-0.15, -0.1) is 0 Å². The average Bonchev–Trinajstić information content (AvgIpc) is 2.91. The molecule has 0 atom stereocenters. The van der Waals surface area contributed by atoms with Crippen molar-refractivity contribution in [2.45, 2.75) is 12.8 Å². The van der Waals surface area contributed by atoms with Gasteiger partial charge in [0, 0.05) is 22.1 Å². The highest BCUT2D eigenvalue weighted by Gasteiger charge is 2.12. The maximum absolute atomic E-state index is 12.2. The number of methoxy groups -OCH3 is 1. The highest BCUT2D eigenvalue weighted by molar-refractivity contribution is 9.10. The zero-order valence-electron chi connectivity index (χ0n) is 19.8. The number of rotatable bonds is 10. The first-order valence-electron chi connectivity index (χ1n) is 11.0. The second-order valence-electron chi connectivity index (χ2n) is 7.50. The molecular weight excluding hydrogens is 546 g/mol. The molecule has 0 aliphatic carbocycles. The van der Waals surface area contributed by atoms with Crippen LogP contribution in [0, 0.1) is 0 Å². The van der Waals surface area contributed by atoms with Gasteiger partial charge in [0.05, 0.1) is 13.5 Å². The maximum atomic E-state index is 12.2. The summed E-state index contributed by atoms with van der Waals surface area (Å²) in [4.78, 5) is 47.8. The van der Waals surface area contributed by atoms with Crippen LogP contribution in [0.3, 0.4) is 0 Å². The molecule has 0 unspecified atom stereocenters. The fourth-order valence-corrected chi connectivity index (χ4v) is 3.19. The summed E-state index contributed by atoms with van der Waals surface area (Å²) in [5, 5.41) is 2.67. The van der Waals surface area contributed by atoms with E-state index in [9.17, 15) is 19.2 Å². The number of benzene rings is 3. The van der Waals surface area contributed by atoms with Gasteiger partial charge in [0.25, 0.3) is 11.8 Å². The molecule has 0 saturated heterocycles. The van der Waals surface area contributed by atoms with Crippen LogP contribution in [0.4, 0.5) is 5.69 Å². The van der Waals surface area contributed by atoms with Crippen LogP contribution in [-0.4, -0.2) is 37.4 Å². The standard InChI is InChI=1S/C26H24BrN3O7/c1-35-21-4-2-3-5-22(21)37-20-12-10-19(11-13-20)28-23(31)14-15-25(33)36-16-24(32)29-30-26(34)17-6-8-18(27)9-7-17/h2-13H,14-16H2,1H3,(H,28,31)(H,29,32)(H,30,34). The quantitative estimate of drug-likeness (QED) is 0.248. The van der Waals surface area contributed by atoms with Crippen LogP contribution in [-0.2, 0) is 19.1 Å². The largest absolute Gasteiger partial charge is 0.493 e. The van der Waals surface area contributed by atoms with E-state index in [0.29, 0.717) is 28.5 Å². The van der Waals surface area contributed by atoms with Gasteiger partial charge in [0.15, 0.2) is 18.1 Å². The topological polar surface area (TPSA) is 132 Å². The number of para-hydroxylation sites is 2. The molecule has 3 rings (SSSR count). The van der Waals surface area contributed by atoms with Gasteiger partial charge in [-0.25, -0.2) is 0 Å². The Hall–Kier alpha value is -4.38. The van der Waals surface area contributed by atoms with Crippen molar-refractivity contribution in [1.29, 1.82) is 0 Å². The number of carbonyl (C=O) groups is 4. The molecule has 0 aliphatic rings. The Morgan fingerprint density at radius 2 is 1.46 bits per heavy atom. The molecule has 0 bridgehead atoms. The van der Waals surface area contributed by atoms with Crippen molar-refractivity contribution in [2.24, 2.45) is 0 Å². The molecule has 0 spiro atoms. The average molecular weight is 570 g/mol. The number of hydrogen-bond acceptors (Lipinski definition) is 7. The lowest BCUT2D eigenvalue weighted by Crippen LogP contribution is -2.43. The number of amides is 3. The number of hydrogen-bond donors (Lipinski definition) is 3. The lowest BCUT2D eigenvalue weighted by Gasteiger charge is -2.11. The van der Waals surface area contributed by atoms with Crippen LogP contribution in [0.5, 0.6) is 17.2 Å². The molecule has 3 amide bonds. The van der Waals surface area contributed by atoms with E-state index in [2.05, 4.69) is 32.1 Å². The molecule has 0 aromatic heterocycles. The molecule has 3 N–H and O–H groups in total. The Kier molecular flexibility index (Phi) is 10.0. The van der Waals surface area contributed by atoms with Crippen molar-refractivity contribution in [2.75, 3.05) is 19.0 Å². The minimum absolute atomic E-state index is 0.139. The van der Waals surface area contributed by atoms with Gasteiger partial charge in [-0.1, -0.05) is 28.1 Å². The van der Waals surface area contributed by atoms with E-state index < -0.39 is 30.3 Å². The van der Waals surface area contributed by atoms with E-state index in [1.165, 1.54) is 0 Å². The first-order valence-corrected chi connectivity index (χ1v) is 11.8. The number of anilines is 1. The molecule has 0 fully saturated rings. The first-order chi connectivity index (χ1) is 17.8. The monoisotopic (exact) mass is 569 g/mol. The summed E-state index contributed by atoms with van der Waals surface area (Å²) in [6, 6.07) is 20.4. The van der Waals surface area contributed by atoms with Gasteiger partial charge in [-0.3, -0.25) is 30.0 Å². The normalized spacial score (nSPS) is 10.1. The molecule has 3 aromatic rings. The molecule has 0 heterocycles. The molecule has 37 heavy (non-hydrogen) atoms. The highest BCUT2D eigenvalue weighted by atomic mass is 79.9. The van der Waals surface area contributed by atoms with Crippen molar-refractivity contribution in [3.05, 3.63) is 82.8 Å². The Balaban J connectivity index is 1.34. The highest BCUT2D eigenvalue weighted by Crippen LogP contribution is 2.31. The van der Waals surface area contributed by atoms with Gasteiger partial charge in [-0.05, 0) is 60.7 Å². The molecule has 192 valence electrons. The van der Waals surface area contributed by atoms with E-state index in [0.717, 1.165) is 4.47 Å². The second-order valence-corrected chi connectivity index (χ2v) is 8.41. The molecule has 0 saturated carbocycles. The van der Waals surface area contributed by atoms with Gasteiger partial charge >= 0.3 is 5.97 Å². The van der Waals surface area contributed by atoms with Gasteiger partial charge in [0.1, 0.15) is 5.75 Å². The van der Waals surface area contributed by atoms with Crippen LogP contribution in [0.2, 0.25) is 0 Å². The van der Waals surface area contributed by atoms with Crippen molar-refractivity contribution < 1.29 is 33.4 Å². The van der Waals surface area contributed by atoms with Gasteiger partial charge < -0.3 is 19.5 Å². The summed E-state index contributed by atoms with van der Waals surface area (Å²) in [5.74, 6) is -0.679. The van der Waals surface area contributed by atoms with Gasteiger partial charge in [0.2, 0.25) is 5.91 Å². The number of esters is 1. The number of hydrazine groups is 1. The Morgan fingerprint density at radius 3 is 2.14 bits per heavy atom. The molecule has 0 radical (unpaired) electrons. The first kappa shape index (κ1) is 27.2. The Labute approximate surface area is 221 Å². The summed E-state index contributed by atoms with van der Waals surface area (Å²) in [6.45, 7) is -0.602. The minimum atomic E-state index is -0.731. The molecule has 3 aromatic carbocycles. The second kappa shape index (κ2) is 13.6. The van der Waals surface area contributed by atoms with Crippen LogP contribution in [0.15, 0.2) is 77.3 Å². The number of halogens is 1. The zero-order chi connectivity index (χ0) is 26.6. The van der Waals surface area contributed by atoms with Crippen LogP contribution >= 0.6 is 15.9 Å².